The first-order chi connectivity index (χ1) is 7.51. The molecule has 16 heavy (non-hydrogen) atoms. The highest BCUT2D eigenvalue weighted by atomic mass is 16.6. The summed E-state index contributed by atoms with van der Waals surface area (Å²) in [5.74, 6) is 0. The van der Waals surface area contributed by atoms with E-state index in [0.29, 0.717) is 0 Å². The van der Waals surface area contributed by atoms with Crippen LogP contribution in [0.2, 0.25) is 0 Å². The van der Waals surface area contributed by atoms with E-state index in [9.17, 15) is 20.1 Å². The average molecular weight is 237 g/mol. The van der Waals surface area contributed by atoms with Crippen LogP contribution >= 0.6 is 0 Å². The highest BCUT2D eigenvalue weighted by molar-refractivity contribution is 5.67. The Hall–Kier alpha value is -0.930. The summed E-state index contributed by atoms with van der Waals surface area (Å²) in [6.45, 7) is -0.555. The number of ether oxygens (including phenoxy) is 2. The molecule has 0 spiro atoms. The van der Waals surface area contributed by atoms with Crippen LogP contribution in [0.3, 0.4) is 0 Å². The van der Waals surface area contributed by atoms with E-state index < -0.39 is 43.3 Å². The first-order valence-electron chi connectivity index (χ1n) is 4.66. The summed E-state index contributed by atoms with van der Waals surface area (Å²) >= 11 is 0. The van der Waals surface area contributed by atoms with E-state index in [1.807, 2.05) is 0 Å². The number of alkyl carbamates (subject to hydrolysis) is 1. The number of carbonyl (C=O) groups excluding carboxylic acids is 1. The second-order valence-corrected chi connectivity index (χ2v) is 3.39. The van der Waals surface area contributed by atoms with Crippen molar-refractivity contribution in [3.63, 3.8) is 0 Å². The van der Waals surface area contributed by atoms with Gasteiger partial charge in [0.25, 0.3) is 0 Å². The maximum absolute atomic E-state index is 10.9. The third-order valence-corrected chi connectivity index (χ3v) is 2.37. The van der Waals surface area contributed by atoms with Crippen molar-refractivity contribution in [1.82, 2.24) is 5.32 Å². The molecule has 94 valence electrons. The molecule has 0 saturated carbocycles. The Balaban J connectivity index is 2.67. The lowest BCUT2D eigenvalue weighted by Gasteiger charge is -2.39. The largest absolute Gasteiger partial charge is 0.453 e. The highest BCUT2D eigenvalue weighted by Crippen LogP contribution is 2.19. The summed E-state index contributed by atoms with van der Waals surface area (Å²) in [7, 11) is 1.12. The van der Waals surface area contributed by atoms with Crippen LogP contribution in [0.1, 0.15) is 0 Å². The van der Waals surface area contributed by atoms with Gasteiger partial charge in [-0.25, -0.2) is 4.79 Å². The molecule has 1 amide bonds. The molecule has 1 saturated heterocycles. The van der Waals surface area contributed by atoms with Gasteiger partial charge in [-0.2, -0.15) is 0 Å². The molecule has 1 fully saturated rings. The van der Waals surface area contributed by atoms with Crippen molar-refractivity contribution >= 4 is 6.09 Å². The fraction of sp³-hybridized carbons (Fsp3) is 0.875. The predicted molar refractivity (Wildman–Crippen MR) is 49.3 cm³/mol. The molecule has 1 rings (SSSR count). The quantitative estimate of drug-likeness (QED) is 0.349. The standard InChI is InChI=1S/C8H15NO7/c1-15-8(14)9-4-6(12)5(11)3(2-10)16-7(4)13/h3-7,10-13H,2H2,1H3,(H,9,14). The van der Waals surface area contributed by atoms with Gasteiger partial charge in [-0.05, 0) is 0 Å². The minimum atomic E-state index is -1.53. The van der Waals surface area contributed by atoms with Crippen LogP contribution in [0.4, 0.5) is 4.79 Å². The number of rotatable bonds is 2. The fourth-order valence-corrected chi connectivity index (χ4v) is 1.45. The third-order valence-electron chi connectivity index (χ3n) is 2.37. The number of hydrogen-bond acceptors (Lipinski definition) is 7. The van der Waals surface area contributed by atoms with Crippen LogP contribution in [0.15, 0.2) is 0 Å². The lowest BCUT2D eigenvalue weighted by molar-refractivity contribution is -0.253. The van der Waals surface area contributed by atoms with Gasteiger partial charge in [-0.1, -0.05) is 0 Å². The molecule has 0 aromatic carbocycles. The van der Waals surface area contributed by atoms with Gasteiger partial charge < -0.3 is 35.2 Å². The Morgan fingerprint density at radius 2 is 2.00 bits per heavy atom. The first kappa shape index (κ1) is 13.1. The zero-order valence-electron chi connectivity index (χ0n) is 8.61. The Labute approximate surface area is 91.4 Å². The summed E-state index contributed by atoms with van der Waals surface area (Å²) in [6, 6.07) is -1.22. The highest BCUT2D eigenvalue weighted by Gasteiger charge is 2.44. The summed E-state index contributed by atoms with van der Waals surface area (Å²) in [5, 5.41) is 39.4. The molecule has 5 N–H and O–H groups in total. The van der Waals surface area contributed by atoms with Gasteiger partial charge in [0.1, 0.15) is 24.4 Å². The van der Waals surface area contributed by atoms with Gasteiger partial charge in [-0.3, -0.25) is 0 Å². The van der Waals surface area contributed by atoms with Crippen molar-refractivity contribution in [1.29, 1.82) is 0 Å². The first-order valence-corrected chi connectivity index (χ1v) is 4.66. The van der Waals surface area contributed by atoms with Gasteiger partial charge in [-0.15, -0.1) is 0 Å². The van der Waals surface area contributed by atoms with Crippen LogP contribution < -0.4 is 5.32 Å². The molecule has 1 aliphatic heterocycles. The van der Waals surface area contributed by atoms with E-state index in [4.69, 9.17) is 9.84 Å². The molecular formula is C8H15NO7. The minimum Gasteiger partial charge on any atom is -0.453 e. The zero-order chi connectivity index (χ0) is 12.3. The predicted octanol–water partition coefficient (Wildman–Crippen LogP) is -2.86. The maximum Gasteiger partial charge on any atom is 0.407 e. The van der Waals surface area contributed by atoms with Crippen LogP contribution in [0, 0.1) is 0 Å². The average Bonchev–Trinajstić information content (AvgIpc) is 2.28. The SMILES string of the molecule is COC(=O)NC1C(O)OC(CO)C(O)C1O. The molecule has 8 nitrogen and oxygen atoms in total. The van der Waals surface area contributed by atoms with Crippen molar-refractivity contribution in [3.05, 3.63) is 0 Å². The number of aliphatic hydroxyl groups excluding tert-OH is 4. The lowest BCUT2D eigenvalue weighted by Crippen LogP contribution is -2.64. The summed E-state index contributed by atoms with van der Waals surface area (Å²) in [6.07, 6.45) is -6.37. The molecule has 0 aromatic heterocycles. The second-order valence-electron chi connectivity index (χ2n) is 3.39. The minimum absolute atomic E-state index is 0.555. The van der Waals surface area contributed by atoms with Gasteiger partial charge >= 0.3 is 6.09 Å². The van der Waals surface area contributed by atoms with Gasteiger partial charge in [0.15, 0.2) is 6.29 Å². The number of carbonyl (C=O) groups is 1. The van der Waals surface area contributed by atoms with Crippen LogP contribution in [0.5, 0.6) is 0 Å². The third kappa shape index (κ3) is 2.60. The summed E-state index contributed by atoms with van der Waals surface area (Å²) in [4.78, 5) is 10.9. The molecule has 1 aliphatic rings. The molecule has 0 aromatic rings. The Morgan fingerprint density at radius 1 is 1.38 bits per heavy atom. The Morgan fingerprint density at radius 3 is 2.50 bits per heavy atom. The summed E-state index contributed by atoms with van der Waals surface area (Å²) in [5.41, 5.74) is 0. The van der Waals surface area contributed by atoms with Crippen LogP contribution in [-0.4, -0.2) is 70.9 Å². The topological polar surface area (TPSA) is 128 Å². The van der Waals surface area contributed by atoms with Crippen LogP contribution in [0.25, 0.3) is 0 Å². The smallest absolute Gasteiger partial charge is 0.407 e. The number of aliphatic hydroxyl groups is 4. The molecular weight excluding hydrogens is 222 g/mol. The normalized spacial score (nSPS) is 39.2. The second kappa shape index (κ2) is 5.41. The molecule has 0 bridgehead atoms. The van der Waals surface area contributed by atoms with E-state index >= 15 is 0 Å². The van der Waals surface area contributed by atoms with Gasteiger partial charge in [0.05, 0.1) is 13.7 Å². The molecule has 0 aliphatic carbocycles. The number of nitrogens with one attached hydrogen (secondary N) is 1. The van der Waals surface area contributed by atoms with Crippen molar-refractivity contribution < 1.29 is 34.7 Å². The number of amides is 1. The number of hydrogen-bond donors (Lipinski definition) is 5. The molecule has 1 heterocycles. The van der Waals surface area contributed by atoms with Gasteiger partial charge in [0, 0.05) is 0 Å². The zero-order valence-corrected chi connectivity index (χ0v) is 8.61. The molecule has 8 heteroatoms. The summed E-state index contributed by atoms with van der Waals surface area (Å²) < 4.78 is 9.08. The van der Waals surface area contributed by atoms with E-state index in [1.165, 1.54) is 0 Å². The van der Waals surface area contributed by atoms with Crippen molar-refractivity contribution in [3.8, 4) is 0 Å². The molecule has 5 atom stereocenters. The Bertz CT molecular complexity index is 249. The van der Waals surface area contributed by atoms with E-state index in [0.717, 1.165) is 7.11 Å². The monoisotopic (exact) mass is 237 g/mol. The van der Waals surface area contributed by atoms with E-state index in [2.05, 4.69) is 10.1 Å². The fourth-order valence-electron chi connectivity index (χ4n) is 1.45. The maximum atomic E-state index is 10.9. The number of methoxy groups -OCH3 is 1. The van der Waals surface area contributed by atoms with Crippen LogP contribution in [-0.2, 0) is 9.47 Å². The van der Waals surface area contributed by atoms with Crippen molar-refractivity contribution in [2.75, 3.05) is 13.7 Å². The van der Waals surface area contributed by atoms with Gasteiger partial charge in [0.2, 0.25) is 0 Å². The van der Waals surface area contributed by atoms with Crippen molar-refractivity contribution in [2.45, 2.75) is 30.6 Å². The molecule has 5 unspecified atom stereocenters. The molecule has 0 radical (unpaired) electrons. The van der Waals surface area contributed by atoms with Crippen molar-refractivity contribution in [2.24, 2.45) is 0 Å². The van der Waals surface area contributed by atoms with E-state index in [1.54, 1.807) is 0 Å². The lowest BCUT2D eigenvalue weighted by atomic mass is 9.97. The van der Waals surface area contributed by atoms with E-state index in [-0.39, 0.29) is 0 Å². The Kier molecular flexibility index (Phi) is 4.44.